The molecule has 3 rings (SSSR count). The van der Waals surface area contributed by atoms with Crippen molar-refractivity contribution >= 4 is 118 Å². The number of carboxylic acids is 1. The largest absolute Gasteiger partial charge is 0.480 e. The molecule has 700 valence electrons. The Morgan fingerprint density at radius 2 is 0.810 bits per heavy atom. The Hall–Kier alpha value is -11.9. The lowest BCUT2D eigenvalue weighted by molar-refractivity contribution is -0.142. The average molecular weight is 1790 g/mol. The molecule has 0 saturated heterocycles. The summed E-state index contributed by atoms with van der Waals surface area (Å²) >= 11 is 1.30. The zero-order chi connectivity index (χ0) is 94.4. The molecule has 16 amide bonds. The Labute approximate surface area is 737 Å². The first kappa shape index (κ1) is 108. The molecule has 0 unspecified atom stereocenters. The minimum absolute atomic E-state index is 0.0155. The fourth-order valence-corrected chi connectivity index (χ4v) is 13.2. The van der Waals surface area contributed by atoms with E-state index in [1.165, 1.54) is 45.1 Å². The number of aliphatic carboxylic acids is 1. The van der Waals surface area contributed by atoms with Crippen LogP contribution in [0.3, 0.4) is 0 Å². The van der Waals surface area contributed by atoms with Crippen LogP contribution >= 0.6 is 11.8 Å². The van der Waals surface area contributed by atoms with Crippen molar-refractivity contribution < 1.29 is 91.7 Å². The number of aromatic nitrogens is 2. The van der Waals surface area contributed by atoms with Crippen LogP contribution in [0.1, 0.15) is 163 Å². The maximum Gasteiger partial charge on any atom is 0.326 e. The normalized spacial score (nSPS) is 15.2. The summed E-state index contributed by atoms with van der Waals surface area (Å²) in [4.78, 5) is 244. The van der Waals surface area contributed by atoms with E-state index in [0.717, 1.165) is 0 Å². The molecule has 0 fully saturated rings. The molecule has 44 heteroatoms. The smallest absolute Gasteiger partial charge is 0.326 e. The van der Waals surface area contributed by atoms with Gasteiger partial charge in [-0.25, -0.2) is 9.78 Å². The van der Waals surface area contributed by atoms with E-state index in [9.17, 15) is 82.1 Å². The van der Waals surface area contributed by atoms with Crippen molar-refractivity contribution in [3.63, 3.8) is 0 Å². The lowest BCUT2D eigenvalue weighted by Gasteiger charge is -2.30. The molecular formula is C82H132N24O19S. The van der Waals surface area contributed by atoms with Gasteiger partial charge in [0.1, 0.15) is 90.6 Å². The first-order valence-corrected chi connectivity index (χ1v) is 43.5. The van der Waals surface area contributed by atoms with Gasteiger partial charge in [0.25, 0.3) is 0 Å². The first-order valence-electron chi connectivity index (χ1n) is 42.1. The molecule has 43 nitrogen and oxygen atoms in total. The van der Waals surface area contributed by atoms with E-state index in [-0.39, 0.29) is 108 Å². The number of hydrogen-bond donors (Lipinski definition) is 25. The zero-order valence-corrected chi connectivity index (χ0v) is 74.0. The Morgan fingerprint density at radius 1 is 0.437 bits per heavy atom. The van der Waals surface area contributed by atoms with Crippen LogP contribution in [-0.4, -0.2) is 255 Å². The highest BCUT2D eigenvalue weighted by molar-refractivity contribution is 7.98. The SMILES string of the molecule is CC[C@H](C)[C@H](NC(=O)[C@H](Cc1ccccc1)NC(=O)[C@H](NC(=O)[C@H](C)NC(=O)[C@H](CCSC)NC(=O)[C@H](CCC(N)=O)NC(=O)[C@@H](NC(=O)[C@H](C)NC(=O)[C@@H](N)[C@@H](C)O)C(C)C)C(C)C)C(=O)N[C@@H](Cc1cnc[nH]1)C(=O)N[C@@H](CC(N)=O)C(=O)N[C@@H](Cc1ccccc1)C(=O)N[C@@H](CCCCN)C(=O)N[C@@H](CCCNC(=N)N)C(=O)N[C@@H](CCCCN)C(=O)O. The predicted molar refractivity (Wildman–Crippen MR) is 468 cm³/mol. The second-order valence-corrected chi connectivity index (χ2v) is 32.6. The number of aromatic amines is 1. The van der Waals surface area contributed by atoms with Gasteiger partial charge in [-0.05, 0) is 139 Å². The van der Waals surface area contributed by atoms with Crippen LogP contribution in [0.15, 0.2) is 73.2 Å². The predicted octanol–water partition coefficient (Wildman–Crippen LogP) is -5.17. The number of unbranched alkanes of at least 4 members (excludes halogenated alkanes) is 2. The van der Waals surface area contributed by atoms with Gasteiger partial charge in [0.05, 0.1) is 18.9 Å². The lowest BCUT2D eigenvalue weighted by Crippen LogP contribution is -2.62. The average Bonchev–Trinajstić information content (AvgIpc) is 0.970. The van der Waals surface area contributed by atoms with Crippen molar-refractivity contribution in [2.24, 2.45) is 52.2 Å². The zero-order valence-electron chi connectivity index (χ0n) is 73.2. The van der Waals surface area contributed by atoms with E-state index in [0.29, 0.717) is 30.4 Å². The van der Waals surface area contributed by atoms with E-state index < -0.39 is 228 Å². The number of carboxylic acid groups (broad SMARTS) is 1. The van der Waals surface area contributed by atoms with Crippen molar-refractivity contribution in [1.29, 1.82) is 5.41 Å². The van der Waals surface area contributed by atoms with Crippen LogP contribution in [0.5, 0.6) is 0 Å². The van der Waals surface area contributed by atoms with Crippen LogP contribution in [0, 0.1) is 23.2 Å². The molecule has 0 bridgehead atoms. The van der Waals surface area contributed by atoms with Crippen LogP contribution in [0.25, 0.3) is 0 Å². The van der Waals surface area contributed by atoms with E-state index in [4.69, 9.17) is 39.8 Å². The second kappa shape index (κ2) is 56.9. The number of carbonyl (C=O) groups is 17. The van der Waals surface area contributed by atoms with Gasteiger partial charge in [0.2, 0.25) is 94.5 Å². The molecule has 1 aromatic heterocycles. The van der Waals surface area contributed by atoms with Crippen molar-refractivity contribution in [1.82, 2.24) is 89.7 Å². The van der Waals surface area contributed by atoms with Gasteiger partial charge in [0.15, 0.2) is 5.96 Å². The summed E-state index contributed by atoms with van der Waals surface area (Å²) in [6.07, 6.45) is 2.20. The summed E-state index contributed by atoms with van der Waals surface area (Å²) in [7, 11) is 0. The van der Waals surface area contributed by atoms with Crippen LogP contribution in [0.2, 0.25) is 0 Å². The van der Waals surface area contributed by atoms with Gasteiger partial charge in [-0.15, -0.1) is 0 Å². The molecule has 0 aliphatic rings. The molecule has 0 saturated carbocycles. The van der Waals surface area contributed by atoms with E-state index in [2.05, 4.69) is 89.7 Å². The quantitative estimate of drug-likeness (QED) is 0.0143. The molecule has 17 atom stereocenters. The van der Waals surface area contributed by atoms with Crippen LogP contribution in [-0.2, 0) is 101 Å². The fourth-order valence-electron chi connectivity index (χ4n) is 12.7. The number of carbonyl (C=O) groups excluding carboxylic acids is 16. The standard InChI is InChI=1S/C82H132N24O19S/c1-11-45(6)66(106-76(119)58(38-50-25-16-13-17-26-50)102-79(122)65(44(4)5)105-67(110)46(7)93-69(112)55(32-36-126-10)97-72(115)54(30-31-61(85)108)98-78(121)64(43(2)3)104-68(111)47(8)94-77(120)63(87)48(9)107)80(123)103-59(39-51-41-90-42-92-51)74(117)101-60(40-62(86)109)75(118)100-57(37-49-23-14-12-15-24-49)73(116)96-52(27-18-20-33-83)70(113)95-53(29-22-35-91-82(88)89)71(114)99-56(81(124)125)28-19-21-34-84/h12-17,23-26,41-48,52-60,63-66,107H,11,18-22,27-40,83-84,87H2,1-10H3,(H2,85,108)(H2,86,109)(H,90,92)(H,93,112)(H,94,120)(H,95,113)(H,96,116)(H,97,115)(H,98,121)(H,99,114)(H,100,118)(H,101,117)(H,102,122)(H,103,123)(H,104,111)(H,105,110)(H,106,119)(H,124,125)(H4,88,89,91)/t45-,46-,47-,48+,52-,53-,54-,55-,56-,57-,58-,59-,60-,63-,64-,65+,66-/m0/s1. The summed E-state index contributed by atoms with van der Waals surface area (Å²) in [5, 5.41) is 66.2. The van der Waals surface area contributed by atoms with Crippen molar-refractivity contribution in [2.45, 2.75) is 262 Å². The Bertz CT molecular complexity index is 4080. The van der Waals surface area contributed by atoms with Crippen molar-refractivity contribution in [3.05, 3.63) is 90.0 Å². The second-order valence-electron chi connectivity index (χ2n) is 31.6. The van der Waals surface area contributed by atoms with Gasteiger partial charge in [0, 0.05) is 44.1 Å². The number of guanidine groups is 1. The van der Waals surface area contributed by atoms with Gasteiger partial charge < -0.3 is 129 Å². The van der Waals surface area contributed by atoms with E-state index in [1.807, 2.05) is 0 Å². The third kappa shape index (κ3) is 39.5. The maximum atomic E-state index is 15.0. The number of thioether (sulfide) groups is 1. The number of primary amides is 2. The molecule has 126 heavy (non-hydrogen) atoms. The van der Waals surface area contributed by atoms with Gasteiger partial charge in [-0.2, -0.15) is 11.8 Å². The number of amides is 16. The Balaban J connectivity index is 1.98. The summed E-state index contributed by atoms with van der Waals surface area (Å²) in [5.74, 6) is -18.5. The molecule has 3 aromatic rings. The summed E-state index contributed by atoms with van der Waals surface area (Å²) in [6, 6.07) is -5.38. The topological polar surface area (TPSA) is 720 Å². The highest BCUT2D eigenvalue weighted by Gasteiger charge is 2.40. The number of nitrogens with zero attached hydrogens (tertiary/aromatic N) is 1. The molecule has 0 aliphatic heterocycles. The first-order chi connectivity index (χ1) is 59.5. The fraction of sp³-hybridized carbons (Fsp3) is 0.598. The summed E-state index contributed by atoms with van der Waals surface area (Å²) < 4.78 is 0. The monoisotopic (exact) mass is 1790 g/mol. The minimum Gasteiger partial charge on any atom is -0.480 e. The van der Waals surface area contributed by atoms with Gasteiger partial charge >= 0.3 is 5.97 Å². The number of hydrogen-bond acceptors (Lipinski definition) is 24. The maximum absolute atomic E-state index is 15.0. The molecule has 0 aliphatic carbocycles. The van der Waals surface area contributed by atoms with E-state index in [1.54, 1.807) is 108 Å². The van der Waals surface area contributed by atoms with Crippen LogP contribution < -0.4 is 114 Å². The van der Waals surface area contributed by atoms with Crippen LogP contribution in [0.4, 0.5) is 0 Å². The van der Waals surface area contributed by atoms with Crippen molar-refractivity contribution in [3.8, 4) is 0 Å². The molecular weight excluding hydrogens is 1660 g/mol. The minimum atomic E-state index is -1.88. The Morgan fingerprint density at radius 3 is 1.23 bits per heavy atom. The number of rotatable bonds is 60. The Kier molecular flexibility index (Phi) is 48.9. The summed E-state index contributed by atoms with van der Waals surface area (Å²) in [6.45, 7) is 14.1. The highest BCUT2D eigenvalue weighted by Crippen LogP contribution is 2.17. The number of benzene rings is 2. The van der Waals surface area contributed by atoms with Crippen molar-refractivity contribution in [2.75, 3.05) is 31.6 Å². The molecule has 2 aromatic carbocycles. The van der Waals surface area contributed by atoms with E-state index >= 15 is 9.59 Å². The number of H-pyrrole nitrogens is 1. The third-order valence-electron chi connectivity index (χ3n) is 20.4. The molecule has 0 radical (unpaired) electrons. The number of imidazole rings is 1. The molecule has 1 heterocycles. The molecule has 0 spiro atoms. The van der Waals surface area contributed by atoms with Gasteiger partial charge in [-0.1, -0.05) is 109 Å². The number of aliphatic hydroxyl groups excluding tert-OH is 1. The number of nitrogens with two attached hydrogens (primary N) is 6. The highest BCUT2D eigenvalue weighted by atomic mass is 32.2. The third-order valence-corrected chi connectivity index (χ3v) is 21.1. The number of aliphatic hydroxyl groups is 1. The number of nitrogens with one attached hydrogen (secondary N) is 17. The van der Waals surface area contributed by atoms with Gasteiger partial charge in [-0.3, -0.25) is 82.1 Å². The lowest BCUT2D eigenvalue weighted by atomic mass is 9.96. The molecule has 31 N–H and O–H groups in total. The summed E-state index contributed by atoms with van der Waals surface area (Å²) in [5.41, 5.74) is 35.1.